The van der Waals surface area contributed by atoms with Gasteiger partial charge in [-0.1, -0.05) is 66.7 Å². The Labute approximate surface area is 158 Å². The van der Waals surface area contributed by atoms with E-state index in [2.05, 4.69) is 0 Å². The van der Waals surface area contributed by atoms with Crippen LogP contribution in [-0.4, -0.2) is 19.7 Å². The summed E-state index contributed by atoms with van der Waals surface area (Å²) in [5.41, 5.74) is 2.04. The van der Waals surface area contributed by atoms with Crippen LogP contribution in [0.25, 0.3) is 12.2 Å². The van der Waals surface area contributed by atoms with Crippen LogP contribution in [0.2, 0.25) is 0 Å². The molecule has 4 heteroatoms. The first-order valence-corrected chi connectivity index (χ1v) is 8.54. The van der Waals surface area contributed by atoms with Crippen LogP contribution in [0, 0.1) is 0 Å². The fourth-order valence-corrected chi connectivity index (χ4v) is 2.44. The fraction of sp³-hybridized carbons (Fsp3) is 0.0870. The number of esters is 1. The SMILES string of the molecule is COc1cc(/C=C/c2ccccc2)ccc1OC(=O)COc1ccccc1. The van der Waals surface area contributed by atoms with Crippen LogP contribution in [0.1, 0.15) is 11.1 Å². The van der Waals surface area contributed by atoms with Gasteiger partial charge in [0.2, 0.25) is 0 Å². The number of carbonyl (C=O) groups excluding carboxylic acids is 1. The van der Waals surface area contributed by atoms with Gasteiger partial charge in [0.1, 0.15) is 5.75 Å². The molecule has 136 valence electrons. The maximum Gasteiger partial charge on any atom is 0.349 e. The first kappa shape index (κ1) is 18.3. The highest BCUT2D eigenvalue weighted by atomic mass is 16.6. The lowest BCUT2D eigenvalue weighted by Gasteiger charge is -2.10. The predicted octanol–water partition coefficient (Wildman–Crippen LogP) is 4.85. The molecule has 0 aliphatic carbocycles. The molecule has 3 aromatic rings. The quantitative estimate of drug-likeness (QED) is 0.343. The predicted molar refractivity (Wildman–Crippen MR) is 106 cm³/mol. The first-order valence-electron chi connectivity index (χ1n) is 8.54. The summed E-state index contributed by atoms with van der Waals surface area (Å²) in [6.45, 7) is -0.178. The van der Waals surface area contributed by atoms with Gasteiger partial charge >= 0.3 is 5.97 Å². The molecule has 0 aliphatic heterocycles. The summed E-state index contributed by atoms with van der Waals surface area (Å²) >= 11 is 0. The lowest BCUT2D eigenvalue weighted by Crippen LogP contribution is -2.18. The molecule has 0 amide bonds. The molecule has 3 rings (SSSR count). The Balaban J connectivity index is 1.63. The minimum absolute atomic E-state index is 0.178. The molecule has 0 heterocycles. The van der Waals surface area contributed by atoms with Crippen LogP contribution in [0.15, 0.2) is 78.9 Å². The average Bonchev–Trinajstić information content (AvgIpc) is 2.73. The van der Waals surface area contributed by atoms with Crippen LogP contribution in [0.4, 0.5) is 0 Å². The molecule has 3 aromatic carbocycles. The van der Waals surface area contributed by atoms with Crippen molar-refractivity contribution in [2.75, 3.05) is 13.7 Å². The molecule has 0 N–H and O–H groups in total. The summed E-state index contributed by atoms with van der Waals surface area (Å²) in [6, 6.07) is 24.5. The van der Waals surface area contributed by atoms with E-state index in [0.29, 0.717) is 17.2 Å². The minimum Gasteiger partial charge on any atom is -0.493 e. The summed E-state index contributed by atoms with van der Waals surface area (Å²) in [5, 5.41) is 0. The van der Waals surface area contributed by atoms with Crippen molar-refractivity contribution in [2.24, 2.45) is 0 Å². The van der Waals surface area contributed by atoms with Gasteiger partial charge in [0.15, 0.2) is 18.1 Å². The molecule has 0 saturated carbocycles. The van der Waals surface area contributed by atoms with E-state index < -0.39 is 5.97 Å². The van der Waals surface area contributed by atoms with Crippen molar-refractivity contribution in [2.45, 2.75) is 0 Å². The number of hydrogen-bond donors (Lipinski definition) is 0. The van der Waals surface area contributed by atoms with E-state index >= 15 is 0 Å². The average molecular weight is 360 g/mol. The summed E-state index contributed by atoms with van der Waals surface area (Å²) in [6.07, 6.45) is 3.98. The molecule has 27 heavy (non-hydrogen) atoms. The zero-order valence-electron chi connectivity index (χ0n) is 15.0. The van der Waals surface area contributed by atoms with Crippen molar-refractivity contribution in [3.05, 3.63) is 90.0 Å². The van der Waals surface area contributed by atoms with Crippen molar-refractivity contribution in [1.29, 1.82) is 0 Å². The van der Waals surface area contributed by atoms with Gasteiger partial charge in [-0.2, -0.15) is 0 Å². The number of benzene rings is 3. The van der Waals surface area contributed by atoms with Gasteiger partial charge < -0.3 is 14.2 Å². The lowest BCUT2D eigenvalue weighted by atomic mass is 10.1. The monoisotopic (exact) mass is 360 g/mol. The number of methoxy groups -OCH3 is 1. The highest BCUT2D eigenvalue weighted by molar-refractivity contribution is 5.76. The Hall–Kier alpha value is -3.53. The third-order valence-electron chi connectivity index (χ3n) is 3.78. The number of para-hydroxylation sites is 1. The summed E-state index contributed by atoms with van der Waals surface area (Å²) in [4.78, 5) is 12.0. The Morgan fingerprint density at radius 2 is 1.48 bits per heavy atom. The van der Waals surface area contributed by atoms with Crippen LogP contribution < -0.4 is 14.2 Å². The Morgan fingerprint density at radius 1 is 0.815 bits per heavy atom. The van der Waals surface area contributed by atoms with Gasteiger partial charge in [-0.3, -0.25) is 0 Å². The highest BCUT2D eigenvalue weighted by Gasteiger charge is 2.11. The number of hydrogen-bond acceptors (Lipinski definition) is 4. The molecular weight excluding hydrogens is 340 g/mol. The Kier molecular flexibility index (Phi) is 6.26. The van der Waals surface area contributed by atoms with E-state index in [1.165, 1.54) is 7.11 Å². The van der Waals surface area contributed by atoms with Gasteiger partial charge in [-0.05, 0) is 35.4 Å². The van der Waals surface area contributed by atoms with Crippen molar-refractivity contribution in [3.8, 4) is 17.2 Å². The molecule has 0 radical (unpaired) electrons. The van der Waals surface area contributed by atoms with E-state index in [1.807, 2.05) is 72.8 Å². The summed E-state index contributed by atoms with van der Waals surface area (Å²) in [7, 11) is 1.54. The summed E-state index contributed by atoms with van der Waals surface area (Å²) in [5.74, 6) is 0.960. The summed E-state index contributed by atoms with van der Waals surface area (Å²) < 4.78 is 16.1. The van der Waals surface area contributed by atoms with Gasteiger partial charge in [0.25, 0.3) is 0 Å². The molecule has 0 atom stereocenters. The van der Waals surface area contributed by atoms with Gasteiger partial charge in [-0.25, -0.2) is 4.79 Å². The molecule has 0 spiro atoms. The zero-order chi connectivity index (χ0) is 18.9. The molecule has 0 fully saturated rings. The van der Waals surface area contributed by atoms with E-state index in [-0.39, 0.29) is 6.61 Å². The second kappa shape index (κ2) is 9.25. The second-order valence-corrected chi connectivity index (χ2v) is 5.73. The molecule has 0 unspecified atom stereocenters. The van der Waals surface area contributed by atoms with E-state index in [1.54, 1.807) is 18.2 Å². The maximum absolute atomic E-state index is 12.0. The largest absolute Gasteiger partial charge is 0.493 e. The molecule has 0 bridgehead atoms. The van der Waals surface area contributed by atoms with E-state index in [9.17, 15) is 4.79 Å². The topological polar surface area (TPSA) is 44.8 Å². The zero-order valence-corrected chi connectivity index (χ0v) is 15.0. The fourth-order valence-electron chi connectivity index (χ4n) is 2.44. The highest BCUT2D eigenvalue weighted by Crippen LogP contribution is 2.29. The molecular formula is C23H20O4. The first-order chi connectivity index (χ1) is 13.2. The maximum atomic E-state index is 12.0. The smallest absolute Gasteiger partial charge is 0.349 e. The third-order valence-corrected chi connectivity index (χ3v) is 3.78. The second-order valence-electron chi connectivity index (χ2n) is 5.73. The van der Waals surface area contributed by atoms with Crippen LogP contribution in [-0.2, 0) is 4.79 Å². The number of carbonyl (C=O) groups is 1. The van der Waals surface area contributed by atoms with Crippen LogP contribution in [0.5, 0.6) is 17.2 Å². The van der Waals surface area contributed by atoms with Crippen molar-refractivity contribution >= 4 is 18.1 Å². The van der Waals surface area contributed by atoms with Gasteiger partial charge in [0.05, 0.1) is 7.11 Å². The standard InChI is InChI=1S/C23H20O4/c1-25-22-16-19(13-12-18-8-4-2-5-9-18)14-15-21(22)27-23(24)17-26-20-10-6-3-7-11-20/h2-16H,17H2,1H3/b13-12+. The molecule has 0 saturated heterocycles. The Morgan fingerprint density at radius 3 is 2.19 bits per heavy atom. The molecule has 0 aromatic heterocycles. The van der Waals surface area contributed by atoms with Crippen molar-refractivity contribution in [1.82, 2.24) is 0 Å². The molecule has 4 nitrogen and oxygen atoms in total. The van der Waals surface area contributed by atoms with Gasteiger partial charge in [0, 0.05) is 0 Å². The normalized spacial score (nSPS) is 10.6. The number of rotatable bonds is 7. The van der Waals surface area contributed by atoms with E-state index in [0.717, 1.165) is 11.1 Å². The lowest BCUT2D eigenvalue weighted by molar-refractivity contribution is -0.136. The van der Waals surface area contributed by atoms with Crippen molar-refractivity contribution < 1.29 is 19.0 Å². The van der Waals surface area contributed by atoms with Crippen LogP contribution >= 0.6 is 0 Å². The molecule has 0 aliphatic rings. The van der Waals surface area contributed by atoms with Gasteiger partial charge in [-0.15, -0.1) is 0 Å². The van der Waals surface area contributed by atoms with E-state index in [4.69, 9.17) is 14.2 Å². The van der Waals surface area contributed by atoms with Crippen LogP contribution in [0.3, 0.4) is 0 Å². The number of ether oxygens (including phenoxy) is 3. The minimum atomic E-state index is -0.496. The third kappa shape index (κ3) is 5.47. The Bertz CT molecular complexity index is 902. The van der Waals surface area contributed by atoms with Crippen molar-refractivity contribution in [3.63, 3.8) is 0 Å².